The summed E-state index contributed by atoms with van der Waals surface area (Å²) in [4.78, 5) is 15.1. The van der Waals surface area contributed by atoms with Crippen LogP contribution in [0.5, 0.6) is 0 Å². The Labute approximate surface area is 104 Å². The first-order chi connectivity index (χ1) is 8.79. The summed E-state index contributed by atoms with van der Waals surface area (Å²) in [6.45, 7) is 0.683. The van der Waals surface area contributed by atoms with Crippen molar-refractivity contribution in [1.29, 1.82) is 0 Å². The summed E-state index contributed by atoms with van der Waals surface area (Å²) in [6.07, 6.45) is 1.26. The molecule has 0 aliphatic rings. The van der Waals surface area contributed by atoms with Gasteiger partial charge >= 0.3 is 5.97 Å². The molecule has 2 aromatic rings. The number of carbonyl (C=O) groups excluding carboxylic acids is 1. The molecule has 0 N–H and O–H groups in total. The summed E-state index contributed by atoms with van der Waals surface area (Å²) in [5, 5.41) is 0. The minimum absolute atomic E-state index is 0.149. The van der Waals surface area contributed by atoms with E-state index in [-0.39, 0.29) is 12.3 Å². The van der Waals surface area contributed by atoms with Gasteiger partial charge in [0.1, 0.15) is 12.9 Å². The Morgan fingerprint density at radius 1 is 1.28 bits per heavy atom. The lowest BCUT2D eigenvalue weighted by Gasteiger charge is -2.00. The third-order valence-electron chi connectivity index (χ3n) is 2.28. The maximum Gasteiger partial charge on any atom is 0.360 e. The molecule has 2 rings (SSSR count). The third-order valence-corrected chi connectivity index (χ3v) is 2.28. The predicted octanol–water partition coefficient (Wildman–Crippen LogP) is 2.18. The Morgan fingerprint density at radius 2 is 2.06 bits per heavy atom. The quantitative estimate of drug-likeness (QED) is 0.758. The molecule has 0 saturated carbocycles. The zero-order valence-electron chi connectivity index (χ0n) is 9.96. The summed E-state index contributed by atoms with van der Waals surface area (Å²) < 4.78 is 15.0. The molecule has 18 heavy (non-hydrogen) atoms. The first-order valence-corrected chi connectivity index (χ1v) is 5.44. The van der Waals surface area contributed by atoms with E-state index in [0.717, 1.165) is 5.56 Å². The summed E-state index contributed by atoms with van der Waals surface area (Å²) in [6, 6.07) is 9.77. The SMILES string of the molecule is COC(=O)c1coc(COCc2ccccc2)n1. The van der Waals surface area contributed by atoms with Gasteiger partial charge in [-0.1, -0.05) is 30.3 Å². The van der Waals surface area contributed by atoms with Crippen LogP contribution in [0.25, 0.3) is 0 Å². The number of benzene rings is 1. The predicted molar refractivity (Wildman–Crippen MR) is 62.8 cm³/mol. The highest BCUT2D eigenvalue weighted by molar-refractivity contribution is 5.86. The number of hydrogen-bond donors (Lipinski definition) is 0. The van der Waals surface area contributed by atoms with Crippen LogP contribution < -0.4 is 0 Å². The largest absolute Gasteiger partial charge is 0.464 e. The first kappa shape index (κ1) is 12.3. The Morgan fingerprint density at radius 3 is 2.78 bits per heavy atom. The maximum atomic E-state index is 11.1. The smallest absolute Gasteiger partial charge is 0.360 e. The van der Waals surface area contributed by atoms with Gasteiger partial charge in [-0.05, 0) is 5.56 Å². The van der Waals surface area contributed by atoms with Crippen molar-refractivity contribution in [2.75, 3.05) is 7.11 Å². The highest BCUT2D eigenvalue weighted by Crippen LogP contribution is 2.07. The van der Waals surface area contributed by atoms with Gasteiger partial charge in [0.05, 0.1) is 13.7 Å². The van der Waals surface area contributed by atoms with Crippen LogP contribution >= 0.6 is 0 Å². The number of carbonyl (C=O) groups is 1. The normalized spacial score (nSPS) is 10.3. The van der Waals surface area contributed by atoms with Crippen LogP contribution in [0.15, 0.2) is 41.0 Å². The zero-order chi connectivity index (χ0) is 12.8. The molecular weight excluding hydrogens is 234 g/mol. The molecular formula is C13H13NO4. The highest BCUT2D eigenvalue weighted by Gasteiger charge is 2.11. The maximum absolute atomic E-state index is 11.1. The van der Waals surface area contributed by atoms with Crippen molar-refractivity contribution in [2.45, 2.75) is 13.2 Å². The highest BCUT2D eigenvalue weighted by atomic mass is 16.5. The second-order valence-corrected chi connectivity index (χ2v) is 3.60. The molecule has 5 nitrogen and oxygen atoms in total. The number of methoxy groups -OCH3 is 1. The molecule has 1 aromatic carbocycles. The Kier molecular flexibility index (Phi) is 4.09. The van der Waals surface area contributed by atoms with E-state index < -0.39 is 5.97 Å². The molecule has 0 atom stereocenters. The fourth-order valence-corrected chi connectivity index (χ4v) is 1.41. The van der Waals surface area contributed by atoms with Gasteiger partial charge in [0.2, 0.25) is 5.89 Å². The van der Waals surface area contributed by atoms with Crippen LogP contribution in [-0.4, -0.2) is 18.1 Å². The van der Waals surface area contributed by atoms with E-state index in [0.29, 0.717) is 12.5 Å². The summed E-state index contributed by atoms with van der Waals surface area (Å²) in [5.41, 5.74) is 1.22. The van der Waals surface area contributed by atoms with Gasteiger partial charge in [-0.15, -0.1) is 0 Å². The van der Waals surface area contributed by atoms with E-state index in [9.17, 15) is 4.79 Å². The lowest BCUT2D eigenvalue weighted by atomic mass is 10.2. The van der Waals surface area contributed by atoms with Crippen LogP contribution in [0.3, 0.4) is 0 Å². The van der Waals surface area contributed by atoms with Gasteiger partial charge in [-0.3, -0.25) is 0 Å². The molecule has 0 radical (unpaired) electrons. The molecule has 0 bridgehead atoms. The molecule has 5 heteroatoms. The number of aromatic nitrogens is 1. The number of hydrogen-bond acceptors (Lipinski definition) is 5. The summed E-state index contributed by atoms with van der Waals surface area (Å²) >= 11 is 0. The van der Waals surface area contributed by atoms with Crippen molar-refractivity contribution in [1.82, 2.24) is 4.98 Å². The van der Waals surface area contributed by atoms with Crippen molar-refractivity contribution in [3.63, 3.8) is 0 Å². The van der Waals surface area contributed by atoms with Crippen molar-refractivity contribution in [3.05, 3.63) is 53.7 Å². The van der Waals surface area contributed by atoms with Crippen LogP contribution in [0.1, 0.15) is 21.9 Å². The van der Waals surface area contributed by atoms with Gasteiger partial charge in [-0.25, -0.2) is 9.78 Å². The monoisotopic (exact) mass is 247 g/mol. The molecule has 0 fully saturated rings. The fraction of sp³-hybridized carbons (Fsp3) is 0.231. The lowest BCUT2D eigenvalue weighted by molar-refractivity contribution is 0.0593. The van der Waals surface area contributed by atoms with E-state index in [1.54, 1.807) is 0 Å². The van der Waals surface area contributed by atoms with E-state index >= 15 is 0 Å². The number of rotatable bonds is 5. The number of ether oxygens (including phenoxy) is 2. The molecule has 0 spiro atoms. The second-order valence-electron chi connectivity index (χ2n) is 3.60. The van der Waals surface area contributed by atoms with E-state index in [4.69, 9.17) is 9.15 Å². The van der Waals surface area contributed by atoms with E-state index in [2.05, 4.69) is 9.72 Å². The topological polar surface area (TPSA) is 61.6 Å². The van der Waals surface area contributed by atoms with Crippen molar-refractivity contribution in [2.24, 2.45) is 0 Å². The molecule has 0 unspecified atom stereocenters. The lowest BCUT2D eigenvalue weighted by Crippen LogP contribution is -2.02. The minimum atomic E-state index is -0.520. The molecule has 0 aliphatic heterocycles. The summed E-state index contributed by atoms with van der Waals surface area (Å²) in [7, 11) is 1.29. The van der Waals surface area contributed by atoms with Crippen molar-refractivity contribution < 1.29 is 18.7 Å². The number of oxazole rings is 1. The molecule has 0 amide bonds. The second kappa shape index (κ2) is 5.97. The third kappa shape index (κ3) is 3.18. The fourth-order valence-electron chi connectivity index (χ4n) is 1.41. The number of nitrogens with zero attached hydrogens (tertiary/aromatic N) is 1. The Bertz CT molecular complexity index is 507. The minimum Gasteiger partial charge on any atom is -0.464 e. The average Bonchev–Trinajstić information content (AvgIpc) is 2.88. The Balaban J connectivity index is 1.84. The standard InChI is InChI=1S/C13H13NO4/c1-16-13(15)11-8-18-12(14-11)9-17-7-10-5-3-2-4-6-10/h2-6,8H,7,9H2,1H3. The van der Waals surface area contributed by atoms with Crippen molar-refractivity contribution >= 4 is 5.97 Å². The Hall–Kier alpha value is -2.14. The molecule has 1 aromatic heterocycles. The first-order valence-electron chi connectivity index (χ1n) is 5.44. The van der Waals surface area contributed by atoms with Crippen molar-refractivity contribution in [3.8, 4) is 0 Å². The summed E-state index contributed by atoms with van der Waals surface area (Å²) in [5.74, 6) is -0.167. The molecule has 0 saturated heterocycles. The van der Waals surface area contributed by atoms with Crippen LogP contribution in [0.4, 0.5) is 0 Å². The van der Waals surface area contributed by atoms with Gasteiger partial charge in [-0.2, -0.15) is 0 Å². The van der Waals surface area contributed by atoms with Gasteiger partial charge in [0.15, 0.2) is 5.69 Å². The van der Waals surface area contributed by atoms with E-state index in [1.165, 1.54) is 13.4 Å². The van der Waals surface area contributed by atoms with Gasteiger partial charge in [0, 0.05) is 0 Å². The molecule has 0 aliphatic carbocycles. The number of esters is 1. The molecule has 94 valence electrons. The zero-order valence-corrected chi connectivity index (χ0v) is 9.96. The van der Waals surface area contributed by atoms with Gasteiger partial charge < -0.3 is 13.9 Å². The van der Waals surface area contributed by atoms with Crippen LogP contribution in [0, 0.1) is 0 Å². The average molecular weight is 247 g/mol. The van der Waals surface area contributed by atoms with Gasteiger partial charge in [0.25, 0.3) is 0 Å². The van der Waals surface area contributed by atoms with Crippen LogP contribution in [-0.2, 0) is 22.7 Å². The van der Waals surface area contributed by atoms with E-state index in [1.807, 2.05) is 30.3 Å². The van der Waals surface area contributed by atoms with Crippen LogP contribution in [0.2, 0.25) is 0 Å². The molecule has 1 heterocycles.